The molecule has 1 unspecified atom stereocenters. The molecule has 0 saturated heterocycles. The maximum atomic E-state index is 12.7. The Morgan fingerprint density at radius 2 is 1.96 bits per heavy atom. The minimum absolute atomic E-state index is 0.0932. The van der Waals surface area contributed by atoms with Crippen LogP contribution in [0.2, 0.25) is 0 Å². The summed E-state index contributed by atoms with van der Waals surface area (Å²) in [6.07, 6.45) is 1.70. The third-order valence-electron chi connectivity index (χ3n) is 4.32. The maximum absolute atomic E-state index is 12.7. The molecule has 0 fully saturated rings. The zero-order valence-electron chi connectivity index (χ0n) is 15.5. The highest BCUT2D eigenvalue weighted by atomic mass is 32.1. The van der Waals surface area contributed by atoms with E-state index in [2.05, 4.69) is 10.6 Å². The molecule has 146 valence electrons. The Morgan fingerprint density at radius 1 is 1.18 bits per heavy atom. The summed E-state index contributed by atoms with van der Waals surface area (Å²) in [6.45, 7) is 3.61. The van der Waals surface area contributed by atoms with Gasteiger partial charge in [0.2, 0.25) is 5.91 Å². The van der Waals surface area contributed by atoms with Crippen molar-refractivity contribution in [3.05, 3.63) is 52.9 Å². The van der Waals surface area contributed by atoms with Crippen molar-refractivity contribution >= 4 is 45.7 Å². The Morgan fingerprint density at radius 3 is 2.61 bits per heavy atom. The number of hydrogen-bond acceptors (Lipinski definition) is 4. The van der Waals surface area contributed by atoms with Gasteiger partial charge in [-0.15, -0.1) is 11.3 Å². The lowest BCUT2D eigenvalue weighted by atomic mass is 10.0. The summed E-state index contributed by atoms with van der Waals surface area (Å²) < 4.78 is 1.63. The number of anilines is 1. The standard InChI is InChI=1S/C20H21N3O4S/c1-12(2)18(22-19(26)16-4-3-9-28-16)20(27)21-14-5-6-15-13(10-14)7-8-23(15)11-17(24)25/h3-10,12,18H,11H2,1-2H3,(H,21,27)(H,22,26)(H,24,25). The van der Waals surface area contributed by atoms with Crippen molar-refractivity contribution in [1.82, 2.24) is 9.88 Å². The summed E-state index contributed by atoms with van der Waals surface area (Å²) in [5, 5.41) is 17.2. The van der Waals surface area contributed by atoms with Crippen LogP contribution in [0.5, 0.6) is 0 Å². The van der Waals surface area contributed by atoms with Crippen LogP contribution in [0.25, 0.3) is 10.9 Å². The van der Waals surface area contributed by atoms with Gasteiger partial charge in [-0.3, -0.25) is 14.4 Å². The van der Waals surface area contributed by atoms with Crippen LogP contribution in [0.4, 0.5) is 5.69 Å². The zero-order valence-corrected chi connectivity index (χ0v) is 16.3. The van der Waals surface area contributed by atoms with Crippen LogP contribution in [-0.2, 0) is 16.1 Å². The van der Waals surface area contributed by atoms with E-state index in [9.17, 15) is 14.4 Å². The molecule has 0 saturated carbocycles. The predicted molar refractivity (Wildman–Crippen MR) is 109 cm³/mol. The lowest BCUT2D eigenvalue weighted by molar-refractivity contribution is -0.137. The molecule has 2 aromatic heterocycles. The number of carbonyl (C=O) groups is 3. The monoisotopic (exact) mass is 399 g/mol. The number of nitrogens with one attached hydrogen (secondary N) is 2. The molecular weight excluding hydrogens is 378 g/mol. The van der Waals surface area contributed by atoms with Crippen LogP contribution >= 0.6 is 11.3 Å². The Bertz CT molecular complexity index is 1010. The largest absolute Gasteiger partial charge is 0.480 e. The molecule has 0 aliphatic carbocycles. The first-order valence-corrected chi connectivity index (χ1v) is 9.69. The molecule has 7 nitrogen and oxygen atoms in total. The molecule has 8 heteroatoms. The Kier molecular flexibility index (Phi) is 5.79. The molecule has 1 aromatic carbocycles. The molecule has 3 aromatic rings. The minimum atomic E-state index is -0.920. The van der Waals surface area contributed by atoms with Crippen molar-refractivity contribution in [2.24, 2.45) is 5.92 Å². The molecule has 2 amide bonds. The van der Waals surface area contributed by atoms with Gasteiger partial charge in [0.25, 0.3) is 5.91 Å². The number of thiophene rings is 1. The molecule has 0 aliphatic heterocycles. The summed E-state index contributed by atoms with van der Waals surface area (Å²) in [4.78, 5) is 36.5. The van der Waals surface area contributed by atoms with Gasteiger partial charge in [-0.1, -0.05) is 19.9 Å². The number of rotatable bonds is 7. The summed E-state index contributed by atoms with van der Waals surface area (Å²) >= 11 is 1.32. The average molecular weight is 399 g/mol. The third kappa shape index (κ3) is 4.40. The van der Waals surface area contributed by atoms with Crippen molar-refractivity contribution in [1.29, 1.82) is 0 Å². The Labute approximate surface area is 166 Å². The summed E-state index contributed by atoms with van der Waals surface area (Å²) in [5.41, 5.74) is 1.36. The van der Waals surface area contributed by atoms with E-state index in [1.807, 2.05) is 19.2 Å². The minimum Gasteiger partial charge on any atom is -0.480 e. The van der Waals surface area contributed by atoms with E-state index in [1.165, 1.54) is 11.3 Å². The highest BCUT2D eigenvalue weighted by Gasteiger charge is 2.25. The van der Waals surface area contributed by atoms with Crippen molar-refractivity contribution in [2.45, 2.75) is 26.4 Å². The number of carbonyl (C=O) groups excluding carboxylic acids is 2. The first kappa shape index (κ1) is 19.6. The van der Waals surface area contributed by atoms with E-state index in [0.717, 1.165) is 10.9 Å². The fourth-order valence-corrected chi connectivity index (χ4v) is 3.56. The van der Waals surface area contributed by atoms with Gasteiger partial charge in [0.1, 0.15) is 12.6 Å². The van der Waals surface area contributed by atoms with E-state index >= 15 is 0 Å². The second kappa shape index (κ2) is 8.26. The smallest absolute Gasteiger partial charge is 0.323 e. The fraction of sp³-hybridized carbons (Fsp3) is 0.250. The summed E-state index contributed by atoms with van der Waals surface area (Å²) in [5.74, 6) is -1.59. The first-order chi connectivity index (χ1) is 13.3. The third-order valence-corrected chi connectivity index (χ3v) is 5.19. The van der Waals surface area contributed by atoms with Gasteiger partial charge < -0.3 is 20.3 Å². The van der Waals surface area contributed by atoms with Gasteiger partial charge in [-0.05, 0) is 41.6 Å². The van der Waals surface area contributed by atoms with Crippen molar-refractivity contribution in [3.8, 4) is 0 Å². The normalized spacial score (nSPS) is 12.1. The highest BCUT2D eigenvalue weighted by Crippen LogP contribution is 2.21. The molecule has 2 heterocycles. The van der Waals surface area contributed by atoms with E-state index < -0.39 is 12.0 Å². The van der Waals surface area contributed by atoms with Crippen molar-refractivity contribution in [2.75, 3.05) is 5.32 Å². The molecule has 3 N–H and O–H groups in total. The summed E-state index contributed by atoms with van der Waals surface area (Å²) in [6, 6.07) is 9.89. The topological polar surface area (TPSA) is 100 Å². The fourth-order valence-electron chi connectivity index (χ4n) is 2.94. The number of nitrogens with zero attached hydrogens (tertiary/aromatic N) is 1. The average Bonchev–Trinajstić information content (AvgIpc) is 3.29. The summed E-state index contributed by atoms with van der Waals surface area (Å²) in [7, 11) is 0. The predicted octanol–water partition coefficient (Wildman–Crippen LogP) is 3.18. The maximum Gasteiger partial charge on any atom is 0.323 e. The quantitative estimate of drug-likeness (QED) is 0.568. The lowest BCUT2D eigenvalue weighted by Crippen LogP contribution is -2.46. The van der Waals surface area contributed by atoms with Crippen LogP contribution < -0.4 is 10.6 Å². The van der Waals surface area contributed by atoms with Crippen molar-refractivity contribution < 1.29 is 19.5 Å². The second-order valence-electron chi connectivity index (χ2n) is 6.77. The highest BCUT2D eigenvalue weighted by molar-refractivity contribution is 7.12. The molecule has 3 rings (SSSR count). The van der Waals surface area contributed by atoms with Gasteiger partial charge in [0.15, 0.2) is 0 Å². The molecule has 0 spiro atoms. The van der Waals surface area contributed by atoms with Crippen LogP contribution in [0.3, 0.4) is 0 Å². The van der Waals surface area contributed by atoms with Crippen LogP contribution in [0.15, 0.2) is 48.0 Å². The number of carboxylic acid groups (broad SMARTS) is 1. The molecular formula is C20H21N3O4S. The van der Waals surface area contributed by atoms with Gasteiger partial charge in [0, 0.05) is 22.8 Å². The number of hydrogen-bond donors (Lipinski definition) is 3. The Hall–Kier alpha value is -3.13. The number of carboxylic acids is 1. The van der Waals surface area contributed by atoms with E-state index in [1.54, 1.807) is 47.2 Å². The first-order valence-electron chi connectivity index (χ1n) is 8.81. The van der Waals surface area contributed by atoms with E-state index in [0.29, 0.717) is 10.6 Å². The van der Waals surface area contributed by atoms with Gasteiger partial charge in [0.05, 0.1) is 4.88 Å². The molecule has 0 bridgehead atoms. The Balaban J connectivity index is 1.74. The number of benzene rings is 1. The van der Waals surface area contributed by atoms with Crippen LogP contribution in [0, 0.1) is 5.92 Å². The number of fused-ring (bicyclic) bond motifs is 1. The number of aromatic nitrogens is 1. The SMILES string of the molecule is CC(C)C(NC(=O)c1cccs1)C(=O)Nc1ccc2c(ccn2CC(=O)O)c1. The van der Waals surface area contributed by atoms with E-state index in [-0.39, 0.29) is 24.3 Å². The molecule has 1 atom stereocenters. The molecule has 0 radical (unpaired) electrons. The number of aliphatic carboxylic acids is 1. The lowest BCUT2D eigenvalue weighted by Gasteiger charge is -2.21. The van der Waals surface area contributed by atoms with Gasteiger partial charge >= 0.3 is 5.97 Å². The van der Waals surface area contributed by atoms with Crippen LogP contribution in [-0.4, -0.2) is 33.5 Å². The second-order valence-corrected chi connectivity index (χ2v) is 7.72. The van der Waals surface area contributed by atoms with Gasteiger partial charge in [-0.2, -0.15) is 0 Å². The number of amides is 2. The van der Waals surface area contributed by atoms with E-state index in [4.69, 9.17) is 5.11 Å². The zero-order chi connectivity index (χ0) is 20.3. The van der Waals surface area contributed by atoms with Crippen LogP contribution in [0.1, 0.15) is 23.5 Å². The molecule has 0 aliphatic rings. The van der Waals surface area contributed by atoms with Crippen molar-refractivity contribution in [3.63, 3.8) is 0 Å². The molecule has 28 heavy (non-hydrogen) atoms. The van der Waals surface area contributed by atoms with Gasteiger partial charge in [-0.25, -0.2) is 0 Å².